The second kappa shape index (κ2) is 5.73. The molecule has 2 heterocycles. The van der Waals surface area contributed by atoms with E-state index in [2.05, 4.69) is 10.2 Å². The van der Waals surface area contributed by atoms with E-state index < -0.39 is 5.97 Å². The van der Waals surface area contributed by atoms with Gasteiger partial charge in [-0.3, -0.25) is 4.79 Å². The first-order chi connectivity index (χ1) is 10.6. The van der Waals surface area contributed by atoms with Crippen molar-refractivity contribution in [2.24, 2.45) is 0 Å². The van der Waals surface area contributed by atoms with Gasteiger partial charge >= 0.3 is 5.97 Å². The second-order valence-corrected chi connectivity index (χ2v) is 5.89. The molecule has 0 saturated heterocycles. The van der Waals surface area contributed by atoms with Crippen molar-refractivity contribution in [1.29, 1.82) is 0 Å². The lowest BCUT2D eigenvalue weighted by Gasteiger charge is -2.00. The van der Waals surface area contributed by atoms with E-state index in [1.54, 1.807) is 13.0 Å². The molecule has 6 heteroatoms. The summed E-state index contributed by atoms with van der Waals surface area (Å²) in [6, 6.07) is 9.79. The number of nitrogens with zero attached hydrogens (tertiary/aromatic N) is 1. The number of benzene rings is 1. The van der Waals surface area contributed by atoms with Crippen molar-refractivity contribution in [3.05, 3.63) is 51.9 Å². The van der Waals surface area contributed by atoms with Crippen molar-refractivity contribution in [3.63, 3.8) is 0 Å². The Labute approximate surface area is 130 Å². The van der Waals surface area contributed by atoms with Crippen LogP contribution in [0.1, 0.15) is 23.0 Å². The number of H-pyrrole nitrogens is 1. The highest BCUT2D eigenvalue weighted by atomic mass is 32.1. The van der Waals surface area contributed by atoms with Crippen molar-refractivity contribution in [3.8, 4) is 10.4 Å². The number of ether oxygens (including phenoxy) is 1. The van der Waals surface area contributed by atoms with Gasteiger partial charge in [0.2, 0.25) is 0 Å². The fourth-order valence-corrected chi connectivity index (χ4v) is 3.29. The van der Waals surface area contributed by atoms with E-state index in [0.29, 0.717) is 10.1 Å². The summed E-state index contributed by atoms with van der Waals surface area (Å²) in [6.45, 7) is 4.01. The molecule has 0 aliphatic heterocycles. The fraction of sp³-hybridized carbons (Fsp3) is 0.188. The van der Waals surface area contributed by atoms with E-state index in [0.717, 1.165) is 16.0 Å². The molecule has 0 saturated carbocycles. The van der Waals surface area contributed by atoms with Crippen LogP contribution in [0.15, 0.2) is 35.1 Å². The third-order valence-electron chi connectivity index (χ3n) is 3.27. The zero-order valence-corrected chi connectivity index (χ0v) is 13.0. The van der Waals surface area contributed by atoms with Crippen molar-refractivity contribution in [2.75, 3.05) is 6.61 Å². The van der Waals surface area contributed by atoms with E-state index >= 15 is 0 Å². The molecule has 0 aliphatic rings. The summed E-state index contributed by atoms with van der Waals surface area (Å²) in [7, 11) is 0. The van der Waals surface area contributed by atoms with Crippen LogP contribution in [-0.2, 0) is 4.74 Å². The smallest absolute Gasteiger partial charge is 0.360 e. The van der Waals surface area contributed by atoms with Gasteiger partial charge in [-0.05, 0) is 25.5 Å². The number of carbonyl (C=O) groups excluding carboxylic acids is 1. The number of hydrogen-bond donors (Lipinski definition) is 1. The van der Waals surface area contributed by atoms with Crippen LogP contribution >= 0.6 is 11.3 Å². The molecule has 3 aromatic rings. The minimum atomic E-state index is -0.527. The predicted octanol–water partition coefficient (Wildman–Crippen LogP) is 3.14. The minimum Gasteiger partial charge on any atom is -0.461 e. The lowest BCUT2D eigenvalue weighted by Crippen LogP contribution is -2.14. The van der Waals surface area contributed by atoms with Gasteiger partial charge in [0.05, 0.1) is 16.7 Å². The lowest BCUT2D eigenvalue weighted by molar-refractivity contribution is 0.0521. The second-order valence-electron chi connectivity index (χ2n) is 4.84. The minimum absolute atomic E-state index is 0.153. The maximum atomic E-state index is 12.0. The van der Waals surface area contributed by atoms with Gasteiger partial charge in [0.1, 0.15) is 0 Å². The molecule has 22 heavy (non-hydrogen) atoms. The van der Waals surface area contributed by atoms with Gasteiger partial charge in [0, 0.05) is 4.88 Å². The molecular formula is C16H14N2O3S. The largest absolute Gasteiger partial charge is 0.461 e. The molecular weight excluding hydrogens is 300 g/mol. The van der Waals surface area contributed by atoms with Crippen molar-refractivity contribution < 1.29 is 9.53 Å². The average molecular weight is 314 g/mol. The number of carbonyl (C=O) groups is 1. The first-order valence-corrected chi connectivity index (χ1v) is 7.68. The summed E-state index contributed by atoms with van der Waals surface area (Å²) >= 11 is 1.37. The Morgan fingerprint density at radius 3 is 2.73 bits per heavy atom. The summed E-state index contributed by atoms with van der Waals surface area (Å²) in [5.74, 6) is -0.527. The standard InChI is InChI=1S/C16H14N2O3S/c1-3-21-16(20)13-14-11(15(19)18-17-13)8-12(22-14)10-6-4-9(2)5-7-10/h4-8H,3H2,1-2H3,(H,18,19). The Bertz CT molecular complexity index is 894. The molecule has 0 fully saturated rings. The number of aromatic amines is 1. The molecule has 1 N–H and O–H groups in total. The summed E-state index contributed by atoms with van der Waals surface area (Å²) < 4.78 is 5.54. The SMILES string of the molecule is CCOC(=O)c1n[nH]c(=O)c2cc(-c3ccc(C)cc3)sc12. The molecule has 2 aromatic heterocycles. The fourth-order valence-electron chi connectivity index (χ4n) is 2.15. The highest BCUT2D eigenvalue weighted by Crippen LogP contribution is 2.33. The van der Waals surface area contributed by atoms with Crippen LogP contribution in [0.25, 0.3) is 20.5 Å². The number of thiophene rings is 1. The number of aromatic nitrogens is 2. The molecule has 0 aliphatic carbocycles. The van der Waals surface area contributed by atoms with Crippen molar-refractivity contribution >= 4 is 27.4 Å². The molecule has 3 rings (SSSR count). The van der Waals surface area contributed by atoms with Gasteiger partial charge in [0.15, 0.2) is 5.69 Å². The van der Waals surface area contributed by atoms with Gasteiger partial charge in [-0.1, -0.05) is 29.8 Å². The first kappa shape index (κ1) is 14.5. The summed E-state index contributed by atoms with van der Waals surface area (Å²) in [5, 5.41) is 6.66. The molecule has 5 nitrogen and oxygen atoms in total. The third kappa shape index (κ3) is 2.53. The van der Waals surface area contributed by atoms with Gasteiger partial charge in [0.25, 0.3) is 5.56 Å². The summed E-state index contributed by atoms with van der Waals surface area (Å²) in [6.07, 6.45) is 0. The number of aryl methyl sites for hydroxylation is 1. The number of nitrogens with one attached hydrogen (secondary N) is 1. The van der Waals surface area contributed by atoms with Gasteiger partial charge in [-0.25, -0.2) is 9.89 Å². The highest BCUT2D eigenvalue weighted by Gasteiger charge is 2.18. The Morgan fingerprint density at radius 2 is 2.05 bits per heavy atom. The Kier molecular flexibility index (Phi) is 3.77. The normalized spacial score (nSPS) is 10.8. The van der Waals surface area contributed by atoms with Crippen LogP contribution in [0.3, 0.4) is 0 Å². The number of esters is 1. The molecule has 0 spiro atoms. The van der Waals surface area contributed by atoms with Crippen LogP contribution in [0.4, 0.5) is 0 Å². The van der Waals surface area contributed by atoms with E-state index in [1.165, 1.54) is 11.3 Å². The maximum absolute atomic E-state index is 12.0. The zero-order valence-electron chi connectivity index (χ0n) is 12.2. The average Bonchev–Trinajstić information content (AvgIpc) is 2.94. The monoisotopic (exact) mass is 314 g/mol. The topological polar surface area (TPSA) is 72.0 Å². The van der Waals surface area contributed by atoms with E-state index in [4.69, 9.17) is 4.74 Å². The van der Waals surface area contributed by atoms with Crippen LogP contribution < -0.4 is 5.56 Å². The first-order valence-electron chi connectivity index (χ1n) is 6.86. The number of fused-ring (bicyclic) bond motifs is 1. The Morgan fingerprint density at radius 1 is 1.32 bits per heavy atom. The number of rotatable bonds is 3. The molecule has 1 aromatic carbocycles. The quantitative estimate of drug-likeness (QED) is 0.754. The Balaban J connectivity index is 2.18. The van der Waals surface area contributed by atoms with Crippen molar-refractivity contribution in [1.82, 2.24) is 10.2 Å². The summed E-state index contributed by atoms with van der Waals surface area (Å²) in [5.41, 5.74) is 2.01. The van der Waals surface area contributed by atoms with Gasteiger partial charge in [-0.2, -0.15) is 5.10 Å². The molecule has 0 amide bonds. The van der Waals surface area contributed by atoms with E-state index in [-0.39, 0.29) is 17.9 Å². The molecule has 0 bridgehead atoms. The third-order valence-corrected chi connectivity index (χ3v) is 4.46. The zero-order chi connectivity index (χ0) is 15.7. The molecule has 0 unspecified atom stereocenters. The van der Waals surface area contributed by atoms with E-state index in [1.807, 2.05) is 31.2 Å². The van der Waals surface area contributed by atoms with E-state index in [9.17, 15) is 9.59 Å². The van der Waals surface area contributed by atoms with Gasteiger partial charge < -0.3 is 4.74 Å². The highest BCUT2D eigenvalue weighted by molar-refractivity contribution is 7.22. The maximum Gasteiger partial charge on any atom is 0.360 e. The Hall–Kier alpha value is -2.47. The molecule has 112 valence electrons. The van der Waals surface area contributed by atoms with Crippen molar-refractivity contribution in [2.45, 2.75) is 13.8 Å². The summed E-state index contributed by atoms with van der Waals surface area (Å²) in [4.78, 5) is 24.8. The van der Waals surface area contributed by atoms with Crippen LogP contribution in [0, 0.1) is 6.92 Å². The lowest BCUT2D eigenvalue weighted by atomic mass is 10.1. The van der Waals surface area contributed by atoms with Gasteiger partial charge in [-0.15, -0.1) is 11.3 Å². The molecule has 0 atom stereocenters. The van der Waals surface area contributed by atoms with Crippen LogP contribution in [0.2, 0.25) is 0 Å². The predicted molar refractivity (Wildman–Crippen MR) is 86.4 cm³/mol. The van der Waals surface area contributed by atoms with Crippen LogP contribution in [-0.4, -0.2) is 22.8 Å². The molecule has 0 radical (unpaired) electrons. The number of hydrogen-bond acceptors (Lipinski definition) is 5. The van der Waals surface area contributed by atoms with Crippen LogP contribution in [0.5, 0.6) is 0 Å².